The summed E-state index contributed by atoms with van der Waals surface area (Å²) in [5, 5.41) is 8.16. The average molecular weight is 401 g/mol. The zero-order valence-corrected chi connectivity index (χ0v) is 18.4. The maximum atomic E-state index is 2.38. The van der Waals surface area contributed by atoms with Gasteiger partial charge < -0.3 is 0 Å². The van der Waals surface area contributed by atoms with Crippen LogP contribution in [-0.4, -0.2) is 0 Å². The maximum Gasteiger partial charge on any atom is -0.0145 e. The van der Waals surface area contributed by atoms with Gasteiger partial charge in [-0.2, -0.15) is 0 Å². The van der Waals surface area contributed by atoms with Crippen molar-refractivity contribution >= 4 is 38.4 Å². The number of benzene rings is 5. The lowest BCUT2D eigenvalue weighted by Crippen LogP contribution is -2.01. The maximum absolute atomic E-state index is 2.38. The van der Waals surface area contributed by atoms with Crippen molar-refractivity contribution in [2.24, 2.45) is 0 Å². The van der Waals surface area contributed by atoms with E-state index in [0.29, 0.717) is 0 Å². The first kappa shape index (κ1) is 19.6. The van der Waals surface area contributed by atoms with Crippen molar-refractivity contribution in [1.29, 1.82) is 0 Å². The lowest BCUT2D eigenvalue weighted by Gasteiger charge is -2.17. The molecule has 5 rings (SSSR count). The normalized spacial score (nSPS) is 11.8. The van der Waals surface area contributed by atoms with Crippen molar-refractivity contribution in [3.05, 3.63) is 113 Å². The van der Waals surface area contributed by atoms with Gasteiger partial charge in [0.1, 0.15) is 0 Å². The fourth-order valence-electron chi connectivity index (χ4n) is 5.07. The molecule has 0 saturated heterocycles. The van der Waals surface area contributed by atoms with Crippen LogP contribution in [0.15, 0.2) is 91.0 Å². The molecule has 0 aliphatic rings. The van der Waals surface area contributed by atoms with E-state index >= 15 is 0 Å². The molecule has 0 saturated carbocycles. The summed E-state index contributed by atoms with van der Waals surface area (Å²) >= 11 is 0. The Kier molecular flexibility index (Phi) is 5.30. The lowest BCUT2D eigenvalue weighted by atomic mass is 9.87. The first-order chi connectivity index (χ1) is 15.3. The third-order valence-corrected chi connectivity index (χ3v) is 6.51. The summed E-state index contributed by atoms with van der Waals surface area (Å²) in [5.41, 5.74) is 5.79. The molecule has 0 unspecified atom stereocenters. The van der Waals surface area contributed by atoms with Crippen LogP contribution in [0.2, 0.25) is 0 Å². The minimum absolute atomic E-state index is 1.03. The summed E-state index contributed by atoms with van der Waals surface area (Å²) < 4.78 is 0. The van der Waals surface area contributed by atoms with Crippen LogP contribution >= 0.6 is 0 Å². The number of hydrogen-bond acceptors (Lipinski definition) is 0. The highest BCUT2D eigenvalue weighted by molar-refractivity contribution is 6.02. The van der Waals surface area contributed by atoms with Crippen LogP contribution in [0, 0.1) is 0 Å². The Morgan fingerprint density at radius 3 is 1.65 bits per heavy atom. The van der Waals surface area contributed by atoms with Crippen LogP contribution in [0.5, 0.6) is 0 Å². The highest BCUT2D eigenvalue weighted by Gasteiger charge is 2.13. The molecule has 0 radical (unpaired) electrons. The van der Waals surface area contributed by atoms with Gasteiger partial charge in [-0.25, -0.2) is 0 Å². The van der Waals surface area contributed by atoms with E-state index in [0.717, 1.165) is 19.3 Å². The molecule has 0 aliphatic heterocycles. The lowest BCUT2D eigenvalue weighted by molar-refractivity contribution is 0.975. The summed E-state index contributed by atoms with van der Waals surface area (Å²) in [6.07, 6.45) is 7.60. The second-order valence-electron chi connectivity index (χ2n) is 8.30. The van der Waals surface area contributed by atoms with Gasteiger partial charge in [-0.3, -0.25) is 0 Å². The molecule has 0 spiro atoms. The summed E-state index contributed by atoms with van der Waals surface area (Å²) in [4.78, 5) is 0. The first-order valence-corrected chi connectivity index (χ1v) is 11.4. The Morgan fingerprint density at radius 2 is 1.10 bits per heavy atom. The fraction of sp³-hybridized carbons (Fsp3) is 0.161. The molecule has 0 N–H and O–H groups in total. The first-order valence-electron chi connectivity index (χ1n) is 11.4. The molecule has 152 valence electrons. The quantitative estimate of drug-likeness (QED) is 0.259. The van der Waals surface area contributed by atoms with Gasteiger partial charge in [0.05, 0.1) is 0 Å². The molecule has 5 aromatic carbocycles. The van der Waals surface area contributed by atoms with Gasteiger partial charge in [0, 0.05) is 0 Å². The average Bonchev–Trinajstić information content (AvgIpc) is 2.82. The predicted molar refractivity (Wildman–Crippen MR) is 137 cm³/mol. The van der Waals surface area contributed by atoms with E-state index in [-0.39, 0.29) is 0 Å². The van der Waals surface area contributed by atoms with Crippen LogP contribution in [-0.2, 0) is 19.3 Å². The smallest absolute Gasteiger partial charge is 0.0145 e. The van der Waals surface area contributed by atoms with Crippen LogP contribution in [0.25, 0.3) is 38.4 Å². The second-order valence-corrected chi connectivity index (χ2v) is 8.30. The zero-order valence-electron chi connectivity index (χ0n) is 18.4. The molecule has 0 amide bonds. The van der Waals surface area contributed by atoms with E-state index in [9.17, 15) is 0 Å². The molecule has 0 heteroatoms. The number of fused-ring (bicyclic) bond motifs is 3. The molecule has 5 aromatic rings. The molecular weight excluding hydrogens is 372 g/mol. The highest BCUT2D eigenvalue weighted by atomic mass is 14.2. The van der Waals surface area contributed by atoms with E-state index < -0.39 is 0 Å². The van der Waals surface area contributed by atoms with E-state index in [1.165, 1.54) is 54.6 Å². The predicted octanol–water partition coefficient (Wildman–Crippen LogP) is 8.53. The van der Waals surface area contributed by atoms with Gasteiger partial charge in [0.15, 0.2) is 0 Å². The highest BCUT2D eigenvalue weighted by Crippen LogP contribution is 2.33. The number of allylic oxidation sites excluding steroid dienone is 1. The molecule has 0 aromatic heterocycles. The molecule has 0 nitrogen and oxygen atoms in total. The minimum Gasteiger partial charge on any atom is -0.0870 e. The summed E-state index contributed by atoms with van der Waals surface area (Å²) in [6, 6.07) is 31.2. The standard InChI is InChI=1S/C31H28/c1-3-11-26-22(4-2)20-23-12-5-8-15-27(23)30(26)18-19-31-28-16-9-6-13-24(28)21-25-14-7-10-17-29(25)31/h3,5-17,20-21H,4,18-19H2,1-2H3/b11-3-. The summed E-state index contributed by atoms with van der Waals surface area (Å²) in [6.45, 7) is 4.38. The largest absolute Gasteiger partial charge is 0.0870 e. The Bertz CT molecular complexity index is 1360. The van der Waals surface area contributed by atoms with Crippen LogP contribution in [0.1, 0.15) is 36.1 Å². The zero-order chi connectivity index (χ0) is 21.2. The molecule has 0 bridgehead atoms. The van der Waals surface area contributed by atoms with E-state index in [1.54, 1.807) is 0 Å². The van der Waals surface area contributed by atoms with Gasteiger partial charge >= 0.3 is 0 Å². The minimum atomic E-state index is 1.03. The van der Waals surface area contributed by atoms with Gasteiger partial charge in [-0.1, -0.05) is 97.9 Å². The number of hydrogen-bond donors (Lipinski definition) is 0. The van der Waals surface area contributed by atoms with Gasteiger partial charge in [0.2, 0.25) is 0 Å². The molecule has 0 aliphatic carbocycles. The molecule has 0 heterocycles. The van der Waals surface area contributed by atoms with Crippen molar-refractivity contribution in [1.82, 2.24) is 0 Å². The number of rotatable bonds is 5. The van der Waals surface area contributed by atoms with Crippen molar-refractivity contribution in [2.75, 3.05) is 0 Å². The van der Waals surface area contributed by atoms with Gasteiger partial charge in [-0.15, -0.1) is 0 Å². The molecule has 31 heavy (non-hydrogen) atoms. The molecule has 0 atom stereocenters. The summed E-state index contributed by atoms with van der Waals surface area (Å²) in [7, 11) is 0. The molecular formula is C31H28. The van der Waals surface area contributed by atoms with Crippen molar-refractivity contribution in [3.8, 4) is 0 Å². The fourth-order valence-corrected chi connectivity index (χ4v) is 5.07. The SMILES string of the molecule is C/C=C\c1c(CC)cc2ccccc2c1CCc1c2ccccc2cc2ccccc12. The number of aryl methyl sites for hydroxylation is 3. The van der Waals surface area contributed by atoms with E-state index in [4.69, 9.17) is 0 Å². The van der Waals surface area contributed by atoms with Crippen molar-refractivity contribution < 1.29 is 0 Å². The topological polar surface area (TPSA) is 0 Å². The van der Waals surface area contributed by atoms with Crippen LogP contribution in [0.3, 0.4) is 0 Å². The molecule has 0 fully saturated rings. The second kappa shape index (κ2) is 8.40. The van der Waals surface area contributed by atoms with Crippen molar-refractivity contribution in [2.45, 2.75) is 33.1 Å². The Labute approximate surface area is 184 Å². The van der Waals surface area contributed by atoms with Gasteiger partial charge in [-0.05, 0) is 86.8 Å². The third-order valence-electron chi connectivity index (χ3n) is 6.51. The van der Waals surface area contributed by atoms with E-state index in [2.05, 4.69) is 111 Å². The third kappa shape index (κ3) is 3.53. The van der Waals surface area contributed by atoms with Crippen molar-refractivity contribution in [3.63, 3.8) is 0 Å². The summed E-state index contributed by atoms with van der Waals surface area (Å²) in [5.74, 6) is 0. The Hall–Kier alpha value is -3.38. The van der Waals surface area contributed by atoms with E-state index in [1.807, 2.05) is 0 Å². The Balaban J connectivity index is 1.70. The monoisotopic (exact) mass is 400 g/mol. The van der Waals surface area contributed by atoms with Crippen LogP contribution in [0.4, 0.5) is 0 Å². The van der Waals surface area contributed by atoms with Crippen LogP contribution < -0.4 is 0 Å². The van der Waals surface area contributed by atoms with Gasteiger partial charge in [0.25, 0.3) is 0 Å². The Morgan fingerprint density at radius 1 is 0.613 bits per heavy atom.